The van der Waals surface area contributed by atoms with E-state index in [4.69, 9.17) is 5.73 Å². The molecular formula is C12H16N4. The average Bonchev–Trinajstić information content (AvgIpc) is 2.65. The molecule has 4 heteroatoms. The molecule has 1 aromatic carbocycles. The van der Waals surface area contributed by atoms with Crippen LogP contribution in [0.3, 0.4) is 0 Å². The third-order valence-electron chi connectivity index (χ3n) is 2.83. The first-order valence-electron chi connectivity index (χ1n) is 5.25. The zero-order chi connectivity index (χ0) is 11.8. The number of nitrogen functional groups attached to an aromatic ring is 1. The highest BCUT2D eigenvalue weighted by Crippen LogP contribution is 2.29. The fourth-order valence-corrected chi connectivity index (χ4v) is 1.72. The highest BCUT2D eigenvalue weighted by atomic mass is 15.3. The molecule has 0 spiro atoms. The number of benzene rings is 1. The van der Waals surface area contributed by atoms with Gasteiger partial charge in [-0.05, 0) is 26.3 Å². The highest BCUT2D eigenvalue weighted by molar-refractivity contribution is 5.34. The Balaban J connectivity index is 2.46. The number of nitrogens with two attached hydrogens (primary N) is 1. The summed E-state index contributed by atoms with van der Waals surface area (Å²) in [6.45, 7) is 6.28. The van der Waals surface area contributed by atoms with Crippen LogP contribution in [0.2, 0.25) is 0 Å². The molecule has 0 atom stereocenters. The van der Waals surface area contributed by atoms with Crippen LogP contribution in [-0.2, 0) is 5.41 Å². The number of hydrogen-bond acceptors (Lipinski definition) is 3. The second-order valence-electron chi connectivity index (χ2n) is 4.54. The number of nitrogens with zero attached hydrogens (tertiary/aromatic N) is 2. The summed E-state index contributed by atoms with van der Waals surface area (Å²) < 4.78 is 0. The zero-order valence-electron chi connectivity index (χ0n) is 9.78. The molecule has 0 saturated heterocycles. The third-order valence-corrected chi connectivity index (χ3v) is 2.83. The largest absolute Gasteiger partial charge is 0.367 e. The standard InChI is InChI=1S/C12H16N4/c1-8-5-4-6-9(7-8)12(2,3)10-14-11(13)16-15-10/h4-7H,1-3H3,(H3,13,14,15,16). The average molecular weight is 216 g/mol. The quantitative estimate of drug-likeness (QED) is 0.807. The van der Waals surface area contributed by atoms with Crippen molar-refractivity contribution in [2.75, 3.05) is 5.73 Å². The number of anilines is 1. The van der Waals surface area contributed by atoms with E-state index in [2.05, 4.69) is 54.2 Å². The van der Waals surface area contributed by atoms with Gasteiger partial charge in [0, 0.05) is 5.41 Å². The molecule has 1 aromatic heterocycles. The Morgan fingerprint density at radius 2 is 2.06 bits per heavy atom. The number of rotatable bonds is 2. The molecule has 0 unspecified atom stereocenters. The van der Waals surface area contributed by atoms with Crippen molar-refractivity contribution in [1.29, 1.82) is 0 Å². The van der Waals surface area contributed by atoms with Crippen LogP contribution in [0.1, 0.15) is 30.8 Å². The Hall–Kier alpha value is -1.84. The molecule has 0 radical (unpaired) electrons. The van der Waals surface area contributed by atoms with Gasteiger partial charge >= 0.3 is 0 Å². The van der Waals surface area contributed by atoms with Crippen molar-refractivity contribution in [2.24, 2.45) is 0 Å². The van der Waals surface area contributed by atoms with Gasteiger partial charge in [0.05, 0.1) is 0 Å². The molecule has 4 nitrogen and oxygen atoms in total. The summed E-state index contributed by atoms with van der Waals surface area (Å²) in [5.74, 6) is 1.08. The molecule has 0 aliphatic carbocycles. The van der Waals surface area contributed by atoms with E-state index in [0.29, 0.717) is 0 Å². The molecule has 0 bridgehead atoms. The summed E-state index contributed by atoms with van der Waals surface area (Å²) in [6.07, 6.45) is 0. The van der Waals surface area contributed by atoms with E-state index in [1.54, 1.807) is 0 Å². The number of aromatic nitrogens is 3. The minimum Gasteiger partial charge on any atom is -0.367 e. The van der Waals surface area contributed by atoms with Crippen LogP contribution >= 0.6 is 0 Å². The Kier molecular flexibility index (Phi) is 2.42. The molecule has 0 amide bonds. The smallest absolute Gasteiger partial charge is 0.239 e. The Labute approximate surface area is 94.9 Å². The van der Waals surface area contributed by atoms with Crippen molar-refractivity contribution in [3.8, 4) is 0 Å². The summed E-state index contributed by atoms with van der Waals surface area (Å²) in [4.78, 5) is 4.20. The van der Waals surface area contributed by atoms with Crippen molar-refractivity contribution in [3.63, 3.8) is 0 Å². The Morgan fingerprint density at radius 1 is 1.31 bits per heavy atom. The molecule has 3 N–H and O–H groups in total. The van der Waals surface area contributed by atoms with E-state index in [0.717, 1.165) is 5.82 Å². The molecule has 2 aromatic rings. The van der Waals surface area contributed by atoms with Gasteiger partial charge in [0.1, 0.15) is 5.82 Å². The van der Waals surface area contributed by atoms with E-state index in [1.807, 2.05) is 6.07 Å². The van der Waals surface area contributed by atoms with Gasteiger partial charge in [0.2, 0.25) is 5.95 Å². The summed E-state index contributed by atoms with van der Waals surface area (Å²) in [5.41, 5.74) is 7.75. The number of hydrogen-bond donors (Lipinski definition) is 2. The topological polar surface area (TPSA) is 67.6 Å². The maximum atomic E-state index is 5.53. The summed E-state index contributed by atoms with van der Waals surface area (Å²) in [7, 11) is 0. The van der Waals surface area contributed by atoms with Crippen molar-refractivity contribution in [2.45, 2.75) is 26.2 Å². The summed E-state index contributed by atoms with van der Waals surface area (Å²) >= 11 is 0. The first kappa shape index (κ1) is 10.7. The SMILES string of the molecule is Cc1cccc(C(C)(C)c2nc(N)n[nH]2)c1. The van der Waals surface area contributed by atoms with Gasteiger partial charge in [0.15, 0.2) is 0 Å². The highest BCUT2D eigenvalue weighted by Gasteiger charge is 2.26. The predicted octanol–water partition coefficient (Wildman–Crippen LogP) is 2.02. The van der Waals surface area contributed by atoms with Gasteiger partial charge in [-0.3, -0.25) is 5.10 Å². The number of nitrogens with one attached hydrogen (secondary N) is 1. The fraction of sp³-hybridized carbons (Fsp3) is 0.333. The lowest BCUT2D eigenvalue weighted by atomic mass is 9.83. The van der Waals surface area contributed by atoms with E-state index in [1.165, 1.54) is 11.1 Å². The van der Waals surface area contributed by atoms with E-state index >= 15 is 0 Å². The zero-order valence-corrected chi connectivity index (χ0v) is 9.78. The molecule has 0 fully saturated rings. The monoisotopic (exact) mass is 216 g/mol. The van der Waals surface area contributed by atoms with Crippen LogP contribution in [-0.4, -0.2) is 15.2 Å². The number of aromatic amines is 1. The van der Waals surface area contributed by atoms with E-state index in [-0.39, 0.29) is 11.4 Å². The van der Waals surface area contributed by atoms with Crippen LogP contribution < -0.4 is 5.73 Å². The lowest BCUT2D eigenvalue weighted by Gasteiger charge is -2.22. The van der Waals surface area contributed by atoms with Crippen molar-refractivity contribution >= 4 is 5.95 Å². The van der Waals surface area contributed by atoms with Crippen LogP contribution in [0.25, 0.3) is 0 Å². The Morgan fingerprint density at radius 3 is 2.62 bits per heavy atom. The maximum absolute atomic E-state index is 5.53. The van der Waals surface area contributed by atoms with Crippen molar-refractivity contribution in [3.05, 3.63) is 41.2 Å². The van der Waals surface area contributed by atoms with Gasteiger partial charge in [-0.15, -0.1) is 5.10 Å². The molecule has 0 aliphatic heterocycles. The first-order valence-corrected chi connectivity index (χ1v) is 5.25. The lowest BCUT2D eigenvalue weighted by Crippen LogP contribution is -2.21. The summed E-state index contributed by atoms with van der Waals surface area (Å²) in [5, 5.41) is 6.75. The van der Waals surface area contributed by atoms with Crippen LogP contribution in [0, 0.1) is 6.92 Å². The summed E-state index contributed by atoms with van der Waals surface area (Å²) in [6, 6.07) is 8.37. The molecular weight excluding hydrogens is 200 g/mol. The van der Waals surface area contributed by atoms with Crippen LogP contribution in [0.5, 0.6) is 0 Å². The number of H-pyrrole nitrogens is 1. The molecule has 0 aliphatic rings. The van der Waals surface area contributed by atoms with Crippen molar-refractivity contribution < 1.29 is 0 Å². The molecule has 84 valence electrons. The van der Waals surface area contributed by atoms with Crippen LogP contribution in [0.4, 0.5) is 5.95 Å². The Bertz CT molecular complexity index is 499. The lowest BCUT2D eigenvalue weighted by molar-refractivity contribution is 0.593. The van der Waals surface area contributed by atoms with E-state index < -0.39 is 0 Å². The van der Waals surface area contributed by atoms with Gasteiger partial charge in [-0.1, -0.05) is 29.8 Å². The molecule has 0 saturated carbocycles. The van der Waals surface area contributed by atoms with Crippen molar-refractivity contribution in [1.82, 2.24) is 15.2 Å². The van der Waals surface area contributed by atoms with Gasteiger partial charge in [-0.25, -0.2) is 0 Å². The number of aryl methyl sites for hydroxylation is 1. The van der Waals surface area contributed by atoms with Gasteiger partial charge in [-0.2, -0.15) is 4.98 Å². The minimum absolute atomic E-state index is 0.212. The normalized spacial score (nSPS) is 11.7. The molecule has 16 heavy (non-hydrogen) atoms. The second kappa shape index (κ2) is 3.63. The molecule has 2 rings (SSSR count). The second-order valence-corrected chi connectivity index (χ2v) is 4.54. The van der Waals surface area contributed by atoms with Gasteiger partial charge < -0.3 is 5.73 Å². The third kappa shape index (κ3) is 1.78. The predicted molar refractivity (Wildman–Crippen MR) is 64.1 cm³/mol. The van der Waals surface area contributed by atoms with Gasteiger partial charge in [0.25, 0.3) is 0 Å². The fourth-order valence-electron chi connectivity index (χ4n) is 1.72. The maximum Gasteiger partial charge on any atom is 0.239 e. The minimum atomic E-state index is -0.212. The molecule has 1 heterocycles. The van der Waals surface area contributed by atoms with Crippen LogP contribution in [0.15, 0.2) is 24.3 Å². The van der Waals surface area contributed by atoms with E-state index in [9.17, 15) is 0 Å². The first-order chi connectivity index (χ1) is 7.50.